The van der Waals surface area contributed by atoms with Gasteiger partial charge in [-0.3, -0.25) is 0 Å². The van der Waals surface area contributed by atoms with Gasteiger partial charge in [0.2, 0.25) is 5.65 Å². The van der Waals surface area contributed by atoms with Crippen LogP contribution in [0.5, 0.6) is 0 Å². The Balaban J connectivity index is 1.66. The van der Waals surface area contributed by atoms with E-state index in [-0.39, 0.29) is 0 Å². The van der Waals surface area contributed by atoms with Crippen molar-refractivity contribution in [1.82, 2.24) is 24.7 Å². The van der Waals surface area contributed by atoms with Crippen molar-refractivity contribution in [2.45, 2.75) is 31.8 Å². The molecule has 0 N–H and O–H groups in total. The van der Waals surface area contributed by atoms with Gasteiger partial charge in [0.1, 0.15) is 6.33 Å². The van der Waals surface area contributed by atoms with E-state index in [2.05, 4.69) is 76.6 Å². The molecular formula is C19H24N6. The van der Waals surface area contributed by atoms with Crippen LogP contribution < -0.4 is 4.90 Å². The Kier molecular flexibility index (Phi) is 4.13. The van der Waals surface area contributed by atoms with Gasteiger partial charge in [0.25, 0.3) is 0 Å². The molecule has 1 aromatic carbocycles. The Morgan fingerprint density at radius 3 is 2.48 bits per heavy atom. The Bertz CT molecular complexity index is 881. The van der Waals surface area contributed by atoms with Crippen molar-refractivity contribution in [2.24, 2.45) is 0 Å². The Morgan fingerprint density at radius 2 is 1.80 bits per heavy atom. The number of nitrogens with zero attached hydrogens (tertiary/aromatic N) is 6. The van der Waals surface area contributed by atoms with Gasteiger partial charge in [0.05, 0.1) is 11.4 Å². The normalized spacial score (nSPS) is 14.4. The first-order valence-corrected chi connectivity index (χ1v) is 8.75. The van der Waals surface area contributed by atoms with Gasteiger partial charge in [-0.05, 0) is 44.1 Å². The Labute approximate surface area is 148 Å². The average molecular weight is 336 g/mol. The molecule has 130 valence electrons. The van der Waals surface area contributed by atoms with E-state index in [0.29, 0.717) is 5.92 Å². The minimum atomic E-state index is 0.597. The summed E-state index contributed by atoms with van der Waals surface area (Å²) in [5.41, 5.74) is 5.75. The second-order valence-corrected chi connectivity index (χ2v) is 7.19. The predicted octanol–water partition coefficient (Wildman–Crippen LogP) is 2.70. The Morgan fingerprint density at radius 1 is 1.08 bits per heavy atom. The van der Waals surface area contributed by atoms with Gasteiger partial charge in [-0.15, -0.1) is 10.2 Å². The summed E-state index contributed by atoms with van der Waals surface area (Å²) in [5, 5.41) is 13.0. The highest BCUT2D eigenvalue weighted by Gasteiger charge is 2.27. The molecule has 0 saturated heterocycles. The lowest BCUT2D eigenvalue weighted by atomic mass is 10.1. The smallest absolute Gasteiger partial charge is 0.200 e. The predicted molar refractivity (Wildman–Crippen MR) is 98.7 cm³/mol. The van der Waals surface area contributed by atoms with Gasteiger partial charge in [-0.1, -0.05) is 24.3 Å². The van der Waals surface area contributed by atoms with Crippen LogP contribution in [-0.2, 0) is 13.1 Å². The molecule has 0 atom stereocenters. The molecule has 2 aromatic heterocycles. The van der Waals surface area contributed by atoms with Crippen LogP contribution in [-0.4, -0.2) is 45.9 Å². The molecular weight excluding hydrogens is 312 g/mol. The second-order valence-electron chi connectivity index (χ2n) is 7.19. The maximum atomic E-state index is 4.66. The number of hydrogen-bond acceptors (Lipinski definition) is 5. The van der Waals surface area contributed by atoms with Crippen LogP contribution in [0.1, 0.15) is 35.6 Å². The van der Waals surface area contributed by atoms with Crippen LogP contribution in [0.2, 0.25) is 0 Å². The van der Waals surface area contributed by atoms with E-state index in [1.54, 1.807) is 6.33 Å². The first-order chi connectivity index (χ1) is 12.1. The van der Waals surface area contributed by atoms with E-state index in [9.17, 15) is 0 Å². The van der Waals surface area contributed by atoms with E-state index in [1.165, 1.54) is 24.0 Å². The topological polar surface area (TPSA) is 49.6 Å². The first kappa shape index (κ1) is 16.0. The highest BCUT2D eigenvalue weighted by atomic mass is 15.4. The zero-order valence-corrected chi connectivity index (χ0v) is 15.1. The molecule has 25 heavy (non-hydrogen) atoms. The highest BCUT2D eigenvalue weighted by Crippen LogP contribution is 2.40. The molecule has 3 aromatic rings. The van der Waals surface area contributed by atoms with Crippen LogP contribution in [0.15, 0.2) is 36.7 Å². The fourth-order valence-electron chi connectivity index (χ4n) is 3.24. The summed E-state index contributed by atoms with van der Waals surface area (Å²) in [6.45, 7) is 1.77. The van der Waals surface area contributed by atoms with Crippen LogP contribution in [0.25, 0.3) is 5.65 Å². The lowest BCUT2D eigenvalue weighted by Gasteiger charge is -2.22. The van der Waals surface area contributed by atoms with Crippen molar-refractivity contribution in [3.63, 3.8) is 0 Å². The zero-order chi connectivity index (χ0) is 17.4. The van der Waals surface area contributed by atoms with E-state index >= 15 is 0 Å². The minimum absolute atomic E-state index is 0.597. The zero-order valence-electron chi connectivity index (χ0n) is 15.1. The summed E-state index contributed by atoms with van der Waals surface area (Å²) in [7, 11) is 6.32. The molecule has 1 aliphatic rings. The van der Waals surface area contributed by atoms with Gasteiger partial charge in [-0.25, -0.2) is 0 Å². The molecule has 1 saturated carbocycles. The largest absolute Gasteiger partial charge is 0.367 e. The maximum Gasteiger partial charge on any atom is 0.200 e. The standard InChI is InChI=1S/C19H24N6/c1-23(2)11-15-6-4-5-7-16(15)12-24(3)18-10-17(14-8-9-14)22-25-13-20-21-19(18)25/h4-7,10,13-14H,8-9,11-12H2,1-3H3. The highest BCUT2D eigenvalue weighted by molar-refractivity contribution is 5.68. The number of aromatic nitrogens is 4. The van der Waals surface area contributed by atoms with Crippen molar-refractivity contribution in [3.05, 3.63) is 53.5 Å². The molecule has 1 fully saturated rings. The number of fused-ring (bicyclic) bond motifs is 1. The number of hydrogen-bond donors (Lipinski definition) is 0. The second kappa shape index (κ2) is 6.44. The number of benzene rings is 1. The number of anilines is 1. The van der Waals surface area contributed by atoms with Crippen LogP contribution in [0.3, 0.4) is 0 Å². The fraction of sp³-hybridized carbons (Fsp3) is 0.421. The third kappa shape index (κ3) is 3.35. The van der Waals surface area contributed by atoms with Crippen molar-refractivity contribution < 1.29 is 0 Å². The maximum absolute atomic E-state index is 4.66. The van der Waals surface area contributed by atoms with E-state index in [1.807, 2.05) is 4.52 Å². The average Bonchev–Trinajstić information content (AvgIpc) is 3.33. The van der Waals surface area contributed by atoms with Crippen molar-refractivity contribution in [1.29, 1.82) is 0 Å². The van der Waals surface area contributed by atoms with Gasteiger partial charge in [0.15, 0.2) is 0 Å². The van der Waals surface area contributed by atoms with Crippen molar-refractivity contribution in [3.8, 4) is 0 Å². The summed E-state index contributed by atoms with van der Waals surface area (Å²) < 4.78 is 1.81. The van der Waals surface area contributed by atoms with Gasteiger partial charge in [-0.2, -0.15) is 9.61 Å². The van der Waals surface area contributed by atoms with Crippen molar-refractivity contribution >= 4 is 11.3 Å². The van der Waals surface area contributed by atoms with Crippen LogP contribution in [0, 0.1) is 0 Å². The van der Waals surface area contributed by atoms with Gasteiger partial charge >= 0.3 is 0 Å². The van der Waals surface area contributed by atoms with Crippen LogP contribution >= 0.6 is 0 Å². The first-order valence-electron chi connectivity index (χ1n) is 8.75. The quantitative estimate of drug-likeness (QED) is 0.693. The monoisotopic (exact) mass is 336 g/mol. The molecule has 6 heteroatoms. The third-order valence-corrected chi connectivity index (χ3v) is 4.69. The Hall–Kier alpha value is -2.47. The summed E-state index contributed by atoms with van der Waals surface area (Å²) in [4.78, 5) is 4.46. The molecule has 2 heterocycles. The molecule has 0 radical (unpaired) electrons. The molecule has 4 rings (SSSR count). The molecule has 0 aliphatic heterocycles. The fourth-order valence-corrected chi connectivity index (χ4v) is 3.24. The van der Waals surface area contributed by atoms with Gasteiger partial charge in [0, 0.05) is 26.1 Å². The summed E-state index contributed by atoms with van der Waals surface area (Å²) in [5.74, 6) is 0.597. The lowest BCUT2D eigenvalue weighted by Crippen LogP contribution is -2.20. The number of rotatable bonds is 6. The minimum Gasteiger partial charge on any atom is -0.367 e. The molecule has 0 spiro atoms. The molecule has 0 bridgehead atoms. The van der Waals surface area contributed by atoms with Gasteiger partial charge < -0.3 is 9.80 Å². The third-order valence-electron chi connectivity index (χ3n) is 4.69. The van der Waals surface area contributed by atoms with E-state index in [0.717, 1.165) is 30.1 Å². The molecule has 6 nitrogen and oxygen atoms in total. The SMILES string of the molecule is CN(C)Cc1ccccc1CN(C)c1cc(C2CC2)nn2cnnc12. The molecule has 0 unspecified atom stereocenters. The van der Waals surface area contributed by atoms with Crippen molar-refractivity contribution in [2.75, 3.05) is 26.0 Å². The summed E-state index contributed by atoms with van der Waals surface area (Å²) in [6.07, 6.45) is 4.16. The van der Waals surface area contributed by atoms with E-state index in [4.69, 9.17) is 0 Å². The van der Waals surface area contributed by atoms with E-state index < -0.39 is 0 Å². The molecule has 1 aliphatic carbocycles. The summed E-state index contributed by atoms with van der Waals surface area (Å²) in [6, 6.07) is 10.8. The lowest BCUT2D eigenvalue weighted by molar-refractivity contribution is 0.401. The van der Waals surface area contributed by atoms with Crippen LogP contribution in [0.4, 0.5) is 5.69 Å². The summed E-state index contributed by atoms with van der Waals surface area (Å²) >= 11 is 0. The molecule has 0 amide bonds.